The summed E-state index contributed by atoms with van der Waals surface area (Å²) < 4.78 is 1.85. The molecule has 0 aliphatic heterocycles. The minimum absolute atomic E-state index is 0. The average molecular weight is 386 g/mol. The van der Waals surface area contributed by atoms with Gasteiger partial charge in [0.05, 0.1) is 6.54 Å². The molecule has 2 aromatic rings. The van der Waals surface area contributed by atoms with E-state index in [0.717, 1.165) is 11.4 Å². The van der Waals surface area contributed by atoms with Gasteiger partial charge in [0.25, 0.3) is 0 Å². The van der Waals surface area contributed by atoms with Crippen LogP contribution in [0.2, 0.25) is 0 Å². The largest absolute Gasteiger partial charge is 0.370 e. The number of nitrogens with two attached hydrogens (primary N) is 1. The predicted octanol–water partition coefficient (Wildman–Crippen LogP) is 1.70. The van der Waals surface area contributed by atoms with Crippen LogP contribution in [-0.4, -0.2) is 26.5 Å². The van der Waals surface area contributed by atoms with Gasteiger partial charge < -0.3 is 11.1 Å². The van der Waals surface area contributed by atoms with Crippen molar-refractivity contribution < 1.29 is 0 Å². The molecule has 0 fully saturated rings. The molecule has 0 bridgehead atoms. The van der Waals surface area contributed by atoms with Crippen molar-refractivity contribution in [3.05, 3.63) is 42.6 Å². The highest BCUT2D eigenvalue weighted by molar-refractivity contribution is 14.0. The Labute approximate surface area is 135 Å². The number of aliphatic imine (C=N–C) groups is 1. The van der Waals surface area contributed by atoms with E-state index in [1.54, 1.807) is 18.7 Å². The Morgan fingerprint density at radius 2 is 2.25 bits per heavy atom. The molecule has 0 saturated heterocycles. The second kappa shape index (κ2) is 7.83. The van der Waals surface area contributed by atoms with Crippen LogP contribution in [0, 0.1) is 0 Å². The fraction of sp³-hybridized carbons (Fsp3) is 0.308. The van der Waals surface area contributed by atoms with Gasteiger partial charge in [0.1, 0.15) is 12.1 Å². The molecule has 0 amide bonds. The lowest BCUT2D eigenvalue weighted by Crippen LogP contribution is -2.36. The van der Waals surface area contributed by atoms with Crippen LogP contribution < -0.4 is 11.1 Å². The van der Waals surface area contributed by atoms with Crippen molar-refractivity contribution in [2.45, 2.75) is 26.4 Å². The van der Waals surface area contributed by atoms with Crippen LogP contribution in [0.5, 0.6) is 0 Å². The molecule has 0 aliphatic carbocycles. The monoisotopic (exact) mass is 386 g/mol. The molecule has 0 spiro atoms. The number of hydrogen-bond donors (Lipinski definition) is 2. The minimum Gasteiger partial charge on any atom is -0.370 e. The fourth-order valence-electron chi connectivity index (χ4n) is 1.58. The number of guanidine groups is 1. The molecule has 20 heavy (non-hydrogen) atoms. The van der Waals surface area contributed by atoms with E-state index in [2.05, 4.69) is 20.3 Å². The maximum absolute atomic E-state index is 5.74. The van der Waals surface area contributed by atoms with Crippen LogP contribution in [0.4, 0.5) is 0 Å². The van der Waals surface area contributed by atoms with Gasteiger partial charge in [-0.25, -0.2) is 15.0 Å². The Hall–Kier alpha value is -1.64. The van der Waals surface area contributed by atoms with Crippen molar-refractivity contribution in [1.82, 2.24) is 19.9 Å². The Bertz CT molecular complexity index is 532. The van der Waals surface area contributed by atoms with E-state index >= 15 is 0 Å². The number of imidazole rings is 1. The van der Waals surface area contributed by atoms with Gasteiger partial charge in [-0.1, -0.05) is 6.07 Å². The summed E-state index contributed by atoms with van der Waals surface area (Å²) in [5.41, 5.74) is 6.75. The summed E-state index contributed by atoms with van der Waals surface area (Å²) in [6, 6.07) is 4.19. The highest BCUT2D eigenvalue weighted by Crippen LogP contribution is 2.06. The summed E-state index contributed by atoms with van der Waals surface area (Å²) in [6.07, 6.45) is 7.08. The number of nitrogens with one attached hydrogen (secondary N) is 1. The number of aromatic nitrogens is 3. The maximum Gasteiger partial charge on any atom is 0.189 e. The zero-order valence-electron chi connectivity index (χ0n) is 11.5. The highest BCUT2D eigenvalue weighted by Gasteiger charge is 1.99. The van der Waals surface area contributed by atoms with Crippen molar-refractivity contribution >= 4 is 29.9 Å². The predicted molar refractivity (Wildman–Crippen MR) is 90.4 cm³/mol. The maximum atomic E-state index is 5.74. The van der Waals surface area contributed by atoms with Crippen molar-refractivity contribution in [3.8, 4) is 5.82 Å². The third-order valence-electron chi connectivity index (χ3n) is 2.45. The first-order valence-corrected chi connectivity index (χ1v) is 6.15. The van der Waals surface area contributed by atoms with Crippen molar-refractivity contribution in [1.29, 1.82) is 0 Å². The van der Waals surface area contributed by atoms with E-state index in [9.17, 15) is 0 Å². The van der Waals surface area contributed by atoms with Crippen LogP contribution in [0.15, 0.2) is 42.0 Å². The molecule has 3 N–H and O–H groups in total. The molecule has 6 nitrogen and oxygen atoms in total. The topological polar surface area (TPSA) is 81.1 Å². The Kier molecular flexibility index (Phi) is 6.43. The molecule has 2 heterocycles. The SMILES string of the molecule is CC(C)NC(N)=NCc1ccc(-n2ccnc2)nc1.I. The quantitative estimate of drug-likeness (QED) is 0.476. The smallest absolute Gasteiger partial charge is 0.189 e. The lowest BCUT2D eigenvalue weighted by Gasteiger charge is -2.08. The van der Waals surface area contributed by atoms with Gasteiger partial charge in [-0.05, 0) is 25.5 Å². The molecule has 0 atom stereocenters. The Balaban J connectivity index is 0.00000200. The van der Waals surface area contributed by atoms with Crippen LogP contribution in [0.3, 0.4) is 0 Å². The van der Waals surface area contributed by atoms with Crippen molar-refractivity contribution in [2.75, 3.05) is 0 Å². The molecule has 108 valence electrons. The number of pyridine rings is 1. The highest BCUT2D eigenvalue weighted by atomic mass is 127. The molecule has 2 rings (SSSR count). The van der Waals surface area contributed by atoms with Crippen molar-refractivity contribution in [2.24, 2.45) is 10.7 Å². The lowest BCUT2D eigenvalue weighted by molar-refractivity contribution is 0.723. The van der Waals surface area contributed by atoms with E-state index in [4.69, 9.17) is 5.73 Å². The molecule has 0 aromatic carbocycles. The molecule has 0 saturated carbocycles. The summed E-state index contributed by atoms with van der Waals surface area (Å²) in [4.78, 5) is 12.6. The van der Waals surface area contributed by atoms with Gasteiger partial charge in [-0.15, -0.1) is 24.0 Å². The van der Waals surface area contributed by atoms with Gasteiger partial charge in [-0.2, -0.15) is 0 Å². The second-order valence-corrected chi connectivity index (χ2v) is 4.50. The number of rotatable bonds is 4. The minimum atomic E-state index is 0. The first kappa shape index (κ1) is 16.4. The first-order chi connectivity index (χ1) is 9.15. The Morgan fingerprint density at radius 1 is 1.45 bits per heavy atom. The molecule has 0 radical (unpaired) electrons. The zero-order valence-corrected chi connectivity index (χ0v) is 13.9. The third kappa shape index (κ3) is 4.80. The van der Waals surface area contributed by atoms with E-state index in [1.165, 1.54) is 0 Å². The van der Waals surface area contributed by atoms with Gasteiger partial charge in [0.2, 0.25) is 0 Å². The van der Waals surface area contributed by atoms with E-state index in [-0.39, 0.29) is 30.0 Å². The van der Waals surface area contributed by atoms with Crippen LogP contribution in [-0.2, 0) is 6.54 Å². The first-order valence-electron chi connectivity index (χ1n) is 6.15. The molecule has 0 aliphatic rings. The van der Waals surface area contributed by atoms with E-state index < -0.39 is 0 Å². The second-order valence-electron chi connectivity index (χ2n) is 4.50. The van der Waals surface area contributed by atoms with Gasteiger partial charge in [0, 0.05) is 24.6 Å². The average Bonchev–Trinajstić information content (AvgIpc) is 2.90. The van der Waals surface area contributed by atoms with Crippen LogP contribution in [0.1, 0.15) is 19.4 Å². The normalized spacial score (nSPS) is 11.2. The summed E-state index contributed by atoms with van der Waals surface area (Å²) in [5.74, 6) is 1.28. The number of hydrogen-bond acceptors (Lipinski definition) is 3. The van der Waals surface area contributed by atoms with Crippen LogP contribution in [0.25, 0.3) is 5.82 Å². The molecular weight excluding hydrogens is 367 g/mol. The summed E-state index contributed by atoms with van der Waals surface area (Å²) in [7, 11) is 0. The summed E-state index contributed by atoms with van der Waals surface area (Å²) in [6.45, 7) is 4.55. The zero-order chi connectivity index (χ0) is 13.7. The Morgan fingerprint density at radius 3 is 2.80 bits per heavy atom. The van der Waals surface area contributed by atoms with Crippen LogP contribution >= 0.6 is 24.0 Å². The van der Waals surface area contributed by atoms with Crippen molar-refractivity contribution in [3.63, 3.8) is 0 Å². The third-order valence-corrected chi connectivity index (χ3v) is 2.45. The number of halogens is 1. The summed E-state index contributed by atoms with van der Waals surface area (Å²) in [5, 5.41) is 3.04. The number of nitrogens with zero attached hydrogens (tertiary/aromatic N) is 4. The lowest BCUT2D eigenvalue weighted by atomic mass is 10.3. The molecule has 2 aromatic heterocycles. The standard InChI is InChI=1S/C13H18N6.HI/c1-10(2)18-13(14)17-8-11-3-4-12(16-7-11)19-6-5-15-9-19;/h3-7,9-10H,8H2,1-2H3,(H3,14,17,18);1H. The van der Waals surface area contributed by atoms with E-state index in [1.807, 2.05) is 36.7 Å². The van der Waals surface area contributed by atoms with Gasteiger partial charge in [0.15, 0.2) is 5.96 Å². The molecule has 7 heteroatoms. The fourth-order valence-corrected chi connectivity index (χ4v) is 1.58. The van der Waals surface area contributed by atoms with Gasteiger partial charge in [-0.3, -0.25) is 4.57 Å². The van der Waals surface area contributed by atoms with Gasteiger partial charge >= 0.3 is 0 Å². The molecule has 0 unspecified atom stereocenters. The summed E-state index contributed by atoms with van der Waals surface area (Å²) >= 11 is 0. The molecular formula is C13H19IN6. The van der Waals surface area contributed by atoms with E-state index in [0.29, 0.717) is 12.5 Å².